The van der Waals surface area contributed by atoms with Gasteiger partial charge in [-0.05, 0) is 12.5 Å². The van der Waals surface area contributed by atoms with Crippen LogP contribution in [0.2, 0.25) is 0 Å². The molecule has 0 heterocycles. The average molecular weight is 120 g/mol. The number of azide groups is 1. The summed E-state index contributed by atoms with van der Waals surface area (Å²) in [6.07, 6.45) is 0. The lowest BCUT2D eigenvalue weighted by Gasteiger charge is -1.88. The summed E-state index contributed by atoms with van der Waals surface area (Å²) in [4.78, 5) is 2.52. The van der Waals surface area contributed by atoms with E-state index in [0.29, 0.717) is 6.54 Å². The minimum atomic E-state index is -0.0455. The van der Waals surface area contributed by atoms with Gasteiger partial charge in [0.05, 0.1) is 0 Å². The van der Waals surface area contributed by atoms with E-state index in [2.05, 4.69) is 10.0 Å². The van der Waals surface area contributed by atoms with Crippen molar-refractivity contribution in [1.29, 1.82) is 0 Å². The van der Waals surface area contributed by atoms with E-state index in [1.54, 1.807) is 6.92 Å². The lowest BCUT2D eigenvalue weighted by atomic mass is 10.5. The zero-order valence-corrected chi connectivity index (χ0v) is 4.76. The van der Waals surface area contributed by atoms with E-state index in [4.69, 9.17) is 17.1 Å². The smallest absolute Gasteiger partial charge is 0.0419 e. The molecule has 40 valence electrons. The first-order chi connectivity index (χ1) is 3.27. The second kappa shape index (κ2) is 3.78. The second-order valence-electron chi connectivity index (χ2n) is 1.19. The molecule has 0 spiro atoms. The van der Waals surface area contributed by atoms with Crippen LogP contribution in [0.3, 0.4) is 0 Å². The van der Waals surface area contributed by atoms with E-state index in [1.165, 1.54) is 0 Å². The van der Waals surface area contributed by atoms with Crippen LogP contribution in [0, 0.1) is 0 Å². The van der Waals surface area contributed by atoms with Gasteiger partial charge in [0.2, 0.25) is 0 Å². The summed E-state index contributed by atoms with van der Waals surface area (Å²) in [5.41, 5.74) is 7.71. The standard InChI is InChI=1S/C3H6ClN3/c1-3(4)2-6-7-5/h3H,2H2,1H3. The van der Waals surface area contributed by atoms with Crippen LogP contribution >= 0.6 is 11.6 Å². The maximum absolute atomic E-state index is 7.71. The highest BCUT2D eigenvalue weighted by molar-refractivity contribution is 6.20. The molecule has 0 radical (unpaired) electrons. The molecule has 0 fully saturated rings. The van der Waals surface area contributed by atoms with Gasteiger partial charge in [-0.3, -0.25) is 0 Å². The lowest BCUT2D eigenvalue weighted by Crippen LogP contribution is -1.92. The molecule has 0 aromatic heterocycles. The van der Waals surface area contributed by atoms with Gasteiger partial charge in [-0.1, -0.05) is 5.11 Å². The molecule has 0 amide bonds. The Morgan fingerprint density at radius 3 is 2.71 bits per heavy atom. The van der Waals surface area contributed by atoms with Crippen LogP contribution < -0.4 is 0 Å². The summed E-state index contributed by atoms with van der Waals surface area (Å²) in [6, 6.07) is 0. The molecule has 0 saturated heterocycles. The molecule has 0 aliphatic rings. The predicted molar refractivity (Wildman–Crippen MR) is 29.3 cm³/mol. The van der Waals surface area contributed by atoms with E-state index >= 15 is 0 Å². The molecular formula is C3H6ClN3. The van der Waals surface area contributed by atoms with Gasteiger partial charge < -0.3 is 0 Å². The fourth-order valence-electron chi connectivity index (χ4n) is 0.149. The summed E-state index contributed by atoms with van der Waals surface area (Å²) >= 11 is 5.39. The number of nitrogens with zero attached hydrogens (tertiary/aromatic N) is 3. The molecule has 0 bridgehead atoms. The quantitative estimate of drug-likeness (QED) is 0.231. The van der Waals surface area contributed by atoms with Crippen molar-refractivity contribution in [2.24, 2.45) is 5.11 Å². The maximum atomic E-state index is 7.71. The Morgan fingerprint density at radius 2 is 2.57 bits per heavy atom. The van der Waals surface area contributed by atoms with Crippen LogP contribution in [0.25, 0.3) is 10.4 Å². The van der Waals surface area contributed by atoms with Crippen molar-refractivity contribution in [3.63, 3.8) is 0 Å². The Balaban J connectivity index is 3.13. The summed E-state index contributed by atoms with van der Waals surface area (Å²) in [5, 5.41) is 3.17. The minimum absolute atomic E-state index is 0.0455. The largest absolute Gasteiger partial charge is 0.123 e. The fraction of sp³-hybridized carbons (Fsp3) is 1.00. The average Bonchev–Trinajstić information content (AvgIpc) is 1.61. The first kappa shape index (κ1) is 6.60. The molecular weight excluding hydrogens is 114 g/mol. The van der Waals surface area contributed by atoms with Crippen molar-refractivity contribution in [3.8, 4) is 0 Å². The molecule has 0 aliphatic carbocycles. The Hall–Kier alpha value is -0.400. The highest BCUT2D eigenvalue weighted by Crippen LogP contribution is 1.91. The van der Waals surface area contributed by atoms with Crippen molar-refractivity contribution in [1.82, 2.24) is 0 Å². The van der Waals surface area contributed by atoms with Crippen molar-refractivity contribution in [3.05, 3.63) is 10.4 Å². The van der Waals surface area contributed by atoms with Crippen LogP contribution in [0.5, 0.6) is 0 Å². The third-order valence-corrected chi connectivity index (χ3v) is 0.534. The van der Waals surface area contributed by atoms with E-state index in [9.17, 15) is 0 Å². The van der Waals surface area contributed by atoms with E-state index in [-0.39, 0.29) is 5.38 Å². The summed E-state index contributed by atoms with van der Waals surface area (Å²) < 4.78 is 0. The van der Waals surface area contributed by atoms with Crippen LogP contribution in [-0.4, -0.2) is 11.9 Å². The first-order valence-electron chi connectivity index (χ1n) is 1.92. The van der Waals surface area contributed by atoms with Gasteiger partial charge in [0, 0.05) is 16.8 Å². The minimum Gasteiger partial charge on any atom is -0.123 e. The van der Waals surface area contributed by atoms with Crippen LogP contribution in [0.15, 0.2) is 5.11 Å². The van der Waals surface area contributed by atoms with E-state index in [1.807, 2.05) is 0 Å². The molecule has 4 heteroatoms. The molecule has 1 atom stereocenters. The molecule has 7 heavy (non-hydrogen) atoms. The van der Waals surface area contributed by atoms with Gasteiger partial charge in [0.25, 0.3) is 0 Å². The second-order valence-corrected chi connectivity index (χ2v) is 1.94. The number of halogens is 1. The maximum Gasteiger partial charge on any atom is 0.0419 e. The summed E-state index contributed by atoms with van der Waals surface area (Å²) in [6.45, 7) is 2.15. The molecule has 0 aromatic carbocycles. The van der Waals surface area contributed by atoms with Gasteiger partial charge >= 0.3 is 0 Å². The first-order valence-corrected chi connectivity index (χ1v) is 2.36. The molecule has 0 aliphatic heterocycles. The zero-order chi connectivity index (χ0) is 5.70. The predicted octanol–water partition coefficient (Wildman–Crippen LogP) is 1.92. The van der Waals surface area contributed by atoms with Gasteiger partial charge in [0.1, 0.15) is 0 Å². The van der Waals surface area contributed by atoms with Gasteiger partial charge in [-0.25, -0.2) is 0 Å². The lowest BCUT2D eigenvalue weighted by molar-refractivity contribution is 0.930. The summed E-state index contributed by atoms with van der Waals surface area (Å²) in [7, 11) is 0. The number of rotatable bonds is 2. The van der Waals surface area contributed by atoms with Crippen LogP contribution in [0.4, 0.5) is 0 Å². The Morgan fingerprint density at radius 1 is 2.00 bits per heavy atom. The Labute approximate surface area is 46.9 Å². The molecule has 0 N–H and O–H groups in total. The Kier molecular flexibility index (Phi) is 3.56. The number of hydrogen-bond acceptors (Lipinski definition) is 1. The normalized spacial score (nSPS) is 12.3. The number of alkyl halides is 1. The van der Waals surface area contributed by atoms with Gasteiger partial charge in [0.15, 0.2) is 0 Å². The SMILES string of the molecule is CC(Cl)CN=[N+]=[N-]. The van der Waals surface area contributed by atoms with Crippen LogP contribution in [-0.2, 0) is 0 Å². The zero-order valence-electron chi connectivity index (χ0n) is 4.00. The molecule has 0 rings (SSSR count). The molecule has 1 unspecified atom stereocenters. The third-order valence-electron chi connectivity index (χ3n) is 0.396. The van der Waals surface area contributed by atoms with Crippen LogP contribution in [0.1, 0.15) is 6.92 Å². The molecule has 3 nitrogen and oxygen atoms in total. The fourth-order valence-corrected chi connectivity index (χ4v) is 0.211. The van der Waals surface area contributed by atoms with E-state index in [0.717, 1.165) is 0 Å². The van der Waals surface area contributed by atoms with Crippen molar-refractivity contribution in [2.75, 3.05) is 6.54 Å². The Bertz CT molecular complexity index is 84.2. The van der Waals surface area contributed by atoms with Crippen molar-refractivity contribution >= 4 is 11.6 Å². The van der Waals surface area contributed by atoms with Gasteiger partial charge in [-0.15, -0.1) is 11.6 Å². The van der Waals surface area contributed by atoms with Crippen molar-refractivity contribution < 1.29 is 0 Å². The number of hydrogen-bond donors (Lipinski definition) is 0. The highest BCUT2D eigenvalue weighted by atomic mass is 35.5. The third kappa shape index (κ3) is 5.60. The van der Waals surface area contributed by atoms with Gasteiger partial charge in [-0.2, -0.15) is 0 Å². The van der Waals surface area contributed by atoms with E-state index < -0.39 is 0 Å². The van der Waals surface area contributed by atoms with Crippen molar-refractivity contribution in [2.45, 2.75) is 12.3 Å². The monoisotopic (exact) mass is 119 g/mol. The topological polar surface area (TPSA) is 48.8 Å². The molecule has 0 saturated carbocycles. The highest BCUT2D eigenvalue weighted by Gasteiger charge is 1.88. The summed E-state index contributed by atoms with van der Waals surface area (Å²) in [5.74, 6) is 0. The molecule has 0 aromatic rings.